The van der Waals surface area contributed by atoms with Crippen LogP contribution in [0.5, 0.6) is 0 Å². The Hall–Kier alpha value is -0.0800. The number of hydrogen-bond acceptors (Lipinski definition) is 2. The molecule has 2 bridgehead atoms. The second-order valence-electron chi connectivity index (χ2n) is 3.49. The average Bonchev–Trinajstić information content (AvgIpc) is 1.89. The van der Waals surface area contributed by atoms with Crippen LogP contribution >= 0.6 is 0 Å². The molecule has 0 saturated carbocycles. The molecule has 0 aromatic rings. The van der Waals surface area contributed by atoms with E-state index in [1.165, 1.54) is 38.8 Å². The lowest BCUT2D eigenvalue weighted by Gasteiger charge is -2.33. The first-order valence-electron chi connectivity index (χ1n) is 4.42. The maximum absolute atomic E-state index is 3.56. The molecular formula is C10H24N2. The van der Waals surface area contributed by atoms with E-state index in [-0.39, 0.29) is 14.9 Å². The predicted octanol–water partition coefficient (Wildman–Crippen LogP) is 1.76. The summed E-state index contributed by atoms with van der Waals surface area (Å²) in [7, 11) is 0. The minimum atomic E-state index is 0. The molecule has 2 nitrogen and oxygen atoms in total. The molecule has 0 radical (unpaired) electrons. The molecule has 0 aromatic carbocycles. The zero-order valence-corrected chi connectivity index (χ0v) is 6.40. The Kier molecular flexibility index (Phi) is 5.51. The van der Waals surface area contributed by atoms with Crippen molar-refractivity contribution < 1.29 is 0 Å². The average molecular weight is 172 g/mol. The van der Waals surface area contributed by atoms with Gasteiger partial charge in [-0.15, -0.1) is 0 Å². The van der Waals surface area contributed by atoms with Gasteiger partial charge in [0, 0.05) is 25.2 Å². The van der Waals surface area contributed by atoms with Gasteiger partial charge < -0.3 is 10.6 Å². The van der Waals surface area contributed by atoms with Crippen LogP contribution in [0.15, 0.2) is 0 Å². The maximum atomic E-state index is 3.56. The van der Waals surface area contributed by atoms with E-state index in [0.29, 0.717) is 0 Å². The third kappa shape index (κ3) is 2.76. The van der Waals surface area contributed by atoms with Crippen LogP contribution in [0.2, 0.25) is 0 Å². The van der Waals surface area contributed by atoms with Crippen LogP contribution in [0.25, 0.3) is 0 Å². The highest BCUT2D eigenvalue weighted by atomic mass is 15.1. The van der Waals surface area contributed by atoms with Gasteiger partial charge in [-0.3, -0.25) is 0 Å². The van der Waals surface area contributed by atoms with Crippen LogP contribution in [0.3, 0.4) is 0 Å². The largest absolute Gasteiger partial charge is 0.311 e. The topological polar surface area (TPSA) is 24.1 Å². The summed E-state index contributed by atoms with van der Waals surface area (Å²) in [4.78, 5) is 0. The normalized spacial score (nSPS) is 34.0. The van der Waals surface area contributed by atoms with Crippen LogP contribution in [0, 0.1) is 0 Å². The highest BCUT2D eigenvalue weighted by Crippen LogP contribution is 2.13. The Morgan fingerprint density at radius 1 is 0.750 bits per heavy atom. The lowest BCUT2D eigenvalue weighted by Crippen LogP contribution is -2.55. The standard InChI is InChI=1S/C8H16N2.2CH4/c1-2-4-8-6-9-7(3-1)5-10-8;;/h7-10H,1-6H2;2*1H4/t7-,8-;;/m1../s1. The summed E-state index contributed by atoms with van der Waals surface area (Å²) in [5, 5.41) is 7.12. The molecule has 3 heterocycles. The van der Waals surface area contributed by atoms with Crippen LogP contribution in [0.1, 0.15) is 40.5 Å². The Labute approximate surface area is 77.1 Å². The van der Waals surface area contributed by atoms with Gasteiger partial charge in [-0.1, -0.05) is 27.7 Å². The molecule has 3 aliphatic rings. The van der Waals surface area contributed by atoms with Gasteiger partial charge in [0.2, 0.25) is 0 Å². The van der Waals surface area contributed by atoms with Crippen molar-refractivity contribution in [3.8, 4) is 0 Å². The Morgan fingerprint density at radius 3 is 1.50 bits per heavy atom. The monoisotopic (exact) mass is 172 g/mol. The Bertz CT molecular complexity index is 86.9. The zero-order valence-electron chi connectivity index (χ0n) is 6.40. The molecule has 0 aliphatic carbocycles. The van der Waals surface area contributed by atoms with Crippen molar-refractivity contribution in [2.45, 2.75) is 52.6 Å². The minimum absolute atomic E-state index is 0. The Morgan fingerprint density at radius 2 is 1.17 bits per heavy atom. The minimum Gasteiger partial charge on any atom is -0.311 e. The molecule has 3 fully saturated rings. The molecule has 2 heteroatoms. The first kappa shape index (κ1) is 11.9. The van der Waals surface area contributed by atoms with Gasteiger partial charge in [0.15, 0.2) is 0 Å². The van der Waals surface area contributed by atoms with Crippen LogP contribution in [-0.4, -0.2) is 25.2 Å². The van der Waals surface area contributed by atoms with Gasteiger partial charge in [-0.2, -0.15) is 0 Å². The zero-order chi connectivity index (χ0) is 6.81. The van der Waals surface area contributed by atoms with Gasteiger partial charge >= 0.3 is 0 Å². The fraction of sp³-hybridized carbons (Fsp3) is 1.00. The van der Waals surface area contributed by atoms with E-state index in [0.717, 1.165) is 12.1 Å². The number of rotatable bonds is 0. The molecule has 0 amide bonds. The van der Waals surface area contributed by atoms with E-state index in [4.69, 9.17) is 0 Å². The molecule has 3 aliphatic heterocycles. The van der Waals surface area contributed by atoms with E-state index in [2.05, 4.69) is 10.6 Å². The van der Waals surface area contributed by atoms with Crippen molar-refractivity contribution in [1.29, 1.82) is 0 Å². The molecule has 2 atom stereocenters. The maximum Gasteiger partial charge on any atom is 0.0193 e. The molecule has 0 spiro atoms. The van der Waals surface area contributed by atoms with Gasteiger partial charge in [-0.25, -0.2) is 0 Å². The summed E-state index contributed by atoms with van der Waals surface area (Å²) < 4.78 is 0. The van der Waals surface area contributed by atoms with E-state index in [1.54, 1.807) is 0 Å². The van der Waals surface area contributed by atoms with Gasteiger partial charge in [0.25, 0.3) is 0 Å². The number of fused-ring (bicyclic) bond motifs is 5. The molecule has 3 saturated heterocycles. The number of piperazine rings is 1. The van der Waals surface area contributed by atoms with Gasteiger partial charge in [0.1, 0.15) is 0 Å². The molecule has 12 heavy (non-hydrogen) atoms. The third-order valence-electron chi connectivity index (χ3n) is 2.66. The van der Waals surface area contributed by atoms with E-state index in [9.17, 15) is 0 Å². The van der Waals surface area contributed by atoms with Crippen molar-refractivity contribution in [3.05, 3.63) is 0 Å². The molecular weight excluding hydrogens is 148 g/mol. The fourth-order valence-electron chi connectivity index (χ4n) is 1.95. The molecule has 3 rings (SSSR count). The van der Waals surface area contributed by atoms with Gasteiger partial charge in [-0.05, 0) is 12.8 Å². The summed E-state index contributed by atoms with van der Waals surface area (Å²) >= 11 is 0. The van der Waals surface area contributed by atoms with Crippen molar-refractivity contribution in [2.75, 3.05) is 13.1 Å². The molecule has 0 aromatic heterocycles. The first-order chi connectivity index (χ1) is 4.95. The lowest BCUT2D eigenvalue weighted by molar-refractivity contribution is 0.284. The van der Waals surface area contributed by atoms with E-state index < -0.39 is 0 Å². The summed E-state index contributed by atoms with van der Waals surface area (Å²) in [5.74, 6) is 0. The molecule has 2 N–H and O–H groups in total. The van der Waals surface area contributed by atoms with Crippen molar-refractivity contribution in [1.82, 2.24) is 10.6 Å². The summed E-state index contributed by atoms with van der Waals surface area (Å²) in [6, 6.07) is 1.55. The van der Waals surface area contributed by atoms with E-state index >= 15 is 0 Å². The predicted molar refractivity (Wildman–Crippen MR) is 55.5 cm³/mol. The second kappa shape index (κ2) is 5.55. The highest BCUT2D eigenvalue weighted by molar-refractivity contribution is 4.85. The first-order valence-corrected chi connectivity index (χ1v) is 4.42. The highest BCUT2D eigenvalue weighted by Gasteiger charge is 2.21. The van der Waals surface area contributed by atoms with Crippen molar-refractivity contribution in [3.63, 3.8) is 0 Å². The SMILES string of the molecule is C.C.C1CC[C@@H]2CN[C@H](C1)CN2. The molecule has 0 unspecified atom stereocenters. The summed E-state index contributed by atoms with van der Waals surface area (Å²) in [6.07, 6.45) is 5.60. The Balaban J connectivity index is 0.000000605. The van der Waals surface area contributed by atoms with Crippen LogP contribution in [-0.2, 0) is 0 Å². The van der Waals surface area contributed by atoms with Crippen molar-refractivity contribution in [2.24, 2.45) is 0 Å². The van der Waals surface area contributed by atoms with Gasteiger partial charge in [0.05, 0.1) is 0 Å². The molecule has 74 valence electrons. The van der Waals surface area contributed by atoms with Crippen LogP contribution < -0.4 is 10.6 Å². The quantitative estimate of drug-likeness (QED) is 0.582. The summed E-state index contributed by atoms with van der Waals surface area (Å²) in [5.41, 5.74) is 0. The van der Waals surface area contributed by atoms with E-state index in [1.807, 2.05) is 0 Å². The summed E-state index contributed by atoms with van der Waals surface area (Å²) in [6.45, 7) is 2.40. The van der Waals surface area contributed by atoms with Crippen molar-refractivity contribution >= 4 is 0 Å². The number of hydrogen-bond donors (Lipinski definition) is 2. The smallest absolute Gasteiger partial charge is 0.0193 e. The second-order valence-corrected chi connectivity index (χ2v) is 3.49. The number of nitrogens with one attached hydrogen (secondary N) is 2. The van der Waals surface area contributed by atoms with Crippen LogP contribution in [0.4, 0.5) is 0 Å². The third-order valence-corrected chi connectivity index (χ3v) is 2.66. The lowest BCUT2D eigenvalue weighted by atomic mass is 9.97. The fourth-order valence-corrected chi connectivity index (χ4v) is 1.95.